The predicted octanol–water partition coefficient (Wildman–Crippen LogP) is 3.09. The van der Waals surface area contributed by atoms with Crippen molar-refractivity contribution in [2.75, 3.05) is 0 Å². The van der Waals surface area contributed by atoms with Gasteiger partial charge in [0.25, 0.3) is 0 Å². The van der Waals surface area contributed by atoms with Gasteiger partial charge in [-0.1, -0.05) is 20.8 Å². The van der Waals surface area contributed by atoms with E-state index in [1.54, 1.807) is 0 Å². The molecule has 0 aliphatic rings. The molecule has 0 spiro atoms. The maximum atomic E-state index is 4.35. The summed E-state index contributed by atoms with van der Waals surface area (Å²) in [6, 6.07) is 7.53. The molecule has 1 radical (unpaired) electrons. The van der Waals surface area contributed by atoms with Gasteiger partial charge >= 0.3 is 0 Å². The molecule has 0 aliphatic heterocycles. The normalized spacial score (nSPS) is 12.0. The van der Waals surface area contributed by atoms with Gasteiger partial charge in [-0.2, -0.15) is 42.0 Å². The fourth-order valence-electron chi connectivity index (χ4n) is 1.15. The minimum absolute atomic E-state index is 0. The Labute approximate surface area is 93.8 Å². The Hall–Kier alpha value is 0.232. The predicted molar refractivity (Wildman–Crippen MR) is 52.2 cm³/mol. The average Bonchev–Trinajstić information content (AvgIpc) is 1.85. The van der Waals surface area contributed by atoms with E-state index in [0.29, 0.717) is 0 Å². The van der Waals surface area contributed by atoms with Crippen LogP contribution in [0.4, 0.5) is 0 Å². The third-order valence-corrected chi connectivity index (χ3v) is 1.90. The van der Waals surface area contributed by atoms with E-state index in [1.807, 2.05) is 0 Å². The van der Waals surface area contributed by atoms with Gasteiger partial charge in [0.2, 0.25) is 0 Å². The van der Waals surface area contributed by atoms with Crippen LogP contribution in [0.3, 0.4) is 0 Å². The molecule has 2 heteroatoms. The Kier molecular flexibility index (Phi) is 5.17. The van der Waals surface area contributed by atoms with E-state index in [1.165, 1.54) is 16.7 Å². The third kappa shape index (κ3) is 3.31. The summed E-state index contributed by atoms with van der Waals surface area (Å²) in [4.78, 5) is 0. The molecule has 0 fully saturated rings. The van der Waals surface area contributed by atoms with Crippen LogP contribution in [0.2, 0.25) is 0 Å². The molecule has 0 aromatic heterocycles. The molecule has 0 nitrogen and oxygen atoms in total. The van der Waals surface area contributed by atoms with E-state index < -0.39 is 0 Å². The smallest absolute Gasteiger partial charge is 0.00133 e. The molecular weight excluding hydrogens is 338 g/mol. The molecule has 0 saturated heterocycles. The molecule has 0 N–H and O–H groups in total. The summed E-state index contributed by atoms with van der Waals surface area (Å²) in [7, 11) is 0. The fourth-order valence-corrected chi connectivity index (χ4v) is 1.29. The van der Waals surface area contributed by atoms with Crippen molar-refractivity contribution in [2.24, 2.45) is 0 Å². The molecule has 0 amide bonds. The molecule has 1 atom stereocenters. The topological polar surface area (TPSA) is 0 Å². The largest absolute Gasteiger partial charge is 0.176 e. The van der Waals surface area contributed by atoms with Gasteiger partial charge in [-0.3, -0.25) is 0 Å². The summed E-state index contributed by atoms with van der Waals surface area (Å²) in [6.07, 6.45) is 0. The van der Waals surface area contributed by atoms with Gasteiger partial charge in [-0.05, 0) is 0 Å². The van der Waals surface area contributed by atoms with Crippen molar-refractivity contribution in [3.63, 3.8) is 0 Å². The zero-order valence-corrected chi connectivity index (χ0v) is 11.2. The Balaban J connectivity index is 0.00000121. The van der Waals surface area contributed by atoms with Crippen LogP contribution >= 0.6 is 12.6 Å². The Morgan fingerprint density at radius 3 is 2.33 bits per heavy atom. The van der Waals surface area contributed by atoms with Crippen molar-refractivity contribution in [3.8, 4) is 0 Å². The second-order valence-corrected chi connectivity index (χ2v) is 3.75. The minimum Gasteiger partial charge on any atom is -0.176 e. The molecule has 1 rings (SSSR count). The summed E-state index contributed by atoms with van der Waals surface area (Å²) in [6.45, 7) is 6.22. The van der Waals surface area contributed by atoms with Crippen LogP contribution in [-0.2, 0) is 20.4 Å². The zero-order chi connectivity index (χ0) is 8.43. The maximum Gasteiger partial charge on any atom is 0.00133 e. The van der Waals surface area contributed by atoms with Gasteiger partial charge in [0.05, 0.1) is 0 Å². The minimum atomic E-state index is 0. The summed E-state index contributed by atoms with van der Waals surface area (Å²) in [5, 5.41) is 0.286. The van der Waals surface area contributed by atoms with Crippen molar-refractivity contribution < 1.29 is 20.4 Å². The Morgan fingerprint density at radius 2 is 1.92 bits per heavy atom. The van der Waals surface area contributed by atoms with Crippen molar-refractivity contribution >= 4 is 12.6 Å². The van der Waals surface area contributed by atoms with Gasteiger partial charge in [-0.25, -0.2) is 0 Å². The van der Waals surface area contributed by atoms with E-state index in [-0.39, 0.29) is 25.7 Å². The number of thiol groups is 1. The maximum absolute atomic E-state index is 4.35. The summed E-state index contributed by atoms with van der Waals surface area (Å²) in [5.41, 5.74) is 3.67. The van der Waals surface area contributed by atoms with Gasteiger partial charge in [0.15, 0.2) is 0 Å². The first-order chi connectivity index (χ1) is 5.09. The van der Waals surface area contributed by atoms with Crippen LogP contribution in [0.1, 0.15) is 28.9 Å². The molecule has 0 aliphatic carbocycles. The molecule has 0 bridgehead atoms. The number of aryl methyl sites for hydroxylation is 2. The molecule has 0 saturated carbocycles. The summed E-state index contributed by atoms with van der Waals surface area (Å²) < 4.78 is 0. The SMILES string of the molecule is Cc1[c-]c(C(C)S)cc(C)c1.[Re]. The molecule has 12 heavy (non-hydrogen) atoms. The quantitative estimate of drug-likeness (QED) is 0.583. The van der Waals surface area contributed by atoms with Gasteiger partial charge in [0, 0.05) is 25.7 Å². The molecule has 1 unspecified atom stereocenters. The molecule has 1 aromatic rings. The van der Waals surface area contributed by atoms with E-state index >= 15 is 0 Å². The Bertz CT molecular complexity index is 236. The number of rotatable bonds is 1. The van der Waals surface area contributed by atoms with E-state index in [2.05, 4.69) is 51.6 Å². The van der Waals surface area contributed by atoms with Crippen LogP contribution in [0.15, 0.2) is 12.1 Å². The number of hydrogen-bond acceptors (Lipinski definition) is 1. The summed E-state index contributed by atoms with van der Waals surface area (Å²) in [5.74, 6) is 0. The first kappa shape index (κ1) is 12.2. The van der Waals surface area contributed by atoms with Crippen molar-refractivity contribution in [1.29, 1.82) is 0 Å². The third-order valence-electron chi connectivity index (χ3n) is 1.62. The van der Waals surface area contributed by atoms with E-state index in [4.69, 9.17) is 0 Å². The van der Waals surface area contributed by atoms with E-state index in [0.717, 1.165) is 0 Å². The van der Waals surface area contributed by atoms with Crippen molar-refractivity contribution in [2.45, 2.75) is 26.0 Å². The van der Waals surface area contributed by atoms with Gasteiger partial charge in [-0.15, -0.1) is 5.56 Å². The Morgan fingerprint density at radius 1 is 1.33 bits per heavy atom. The van der Waals surface area contributed by atoms with Gasteiger partial charge < -0.3 is 0 Å². The zero-order valence-electron chi connectivity index (χ0n) is 7.56. The number of hydrogen-bond donors (Lipinski definition) is 1. The standard InChI is InChI=1S/C10H13S.Re/c1-7-4-8(2)6-10(5-7)9(3)11;/h4-5,9,11H,1-3H3;/q-1;. The summed E-state index contributed by atoms with van der Waals surface area (Å²) >= 11 is 4.35. The molecule has 1 aromatic carbocycles. The first-order valence-corrected chi connectivity index (χ1v) is 4.30. The first-order valence-electron chi connectivity index (χ1n) is 3.78. The molecule has 67 valence electrons. The fraction of sp³-hybridized carbons (Fsp3) is 0.400. The van der Waals surface area contributed by atoms with Crippen LogP contribution in [0, 0.1) is 19.9 Å². The van der Waals surface area contributed by atoms with Crippen molar-refractivity contribution in [3.05, 3.63) is 34.9 Å². The monoisotopic (exact) mass is 352 g/mol. The molecular formula is C10H13ReS-. The second kappa shape index (κ2) is 5.07. The van der Waals surface area contributed by atoms with Gasteiger partial charge in [0.1, 0.15) is 0 Å². The van der Waals surface area contributed by atoms with Crippen LogP contribution in [-0.4, -0.2) is 0 Å². The van der Waals surface area contributed by atoms with Crippen LogP contribution in [0.5, 0.6) is 0 Å². The van der Waals surface area contributed by atoms with Crippen LogP contribution in [0.25, 0.3) is 0 Å². The van der Waals surface area contributed by atoms with Crippen LogP contribution < -0.4 is 0 Å². The number of benzene rings is 1. The van der Waals surface area contributed by atoms with Crippen molar-refractivity contribution in [1.82, 2.24) is 0 Å². The second-order valence-electron chi connectivity index (χ2n) is 2.97. The molecule has 0 heterocycles. The van der Waals surface area contributed by atoms with E-state index in [9.17, 15) is 0 Å². The average molecular weight is 351 g/mol.